The maximum atomic E-state index is 10.6. The van der Waals surface area contributed by atoms with Crippen molar-refractivity contribution < 1.29 is 9.90 Å². The number of aromatic carboxylic acids is 1. The molecule has 2 N–H and O–H groups in total. The molecule has 1 aliphatic heterocycles. The zero-order valence-electron chi connectivity index (χ0n) is 7.81. The Morgan fingerprint density at radius 1 is 1.57 bits per heavy atom. The van der Waals surface area contributed by atoms with Gasteiger partial charge in [-0.2, -0.15) is 0 Å². The van der Waals surface area contributed by atoms with E-state index in [2.05, 4.69) is 10.3 Å². The fourth-order valence-electron chi connectivity index (χ4n) is 1.75. The number of carboxylic acids is 1. The summed E-state index contributed by atoms with van der Waals surface area (Å²) in [6, 6.07) is 0.400. The van der Waals surface area contributed by atoms with E-state index in [4.69, 9.17) is 5.11 Å². The Morgan fingerprint density at radius 2 is 2.29 bits per heavy atom. The molecule has 14 heavy (non-hydrogen) atoms. The lowest BCUT2D eigenvalue weighted by Gasteiger charge is -2.23. The van der Waals surface area contributed by atoms with Crippen molar-refractivity contribution >= 4 is 5.97 Å². The quantitative estimate of drug-likeness (QED) is 0.721. The van der Waals surface area contributed by atoms with Crippen LogP contribution in [0.4, 0.5) is 0 Å². The molecule has 0 bridgehead atoms. The van der Waals surface area contributed by atoms with Crippen molar-refractivity contribution in [3.8, 4) is 0 Å². The number of nitrogens with one attached hydrogen (secondary N) is 1. The molecule has 2 rings (SSSR count). The highest BCUT2D eigenvalue weighted by atomic mass is 16.4. The Bertz CT molecular complexity index is 329. The number of hydrogen-bond donors (Lipinski definition) is 2. The second kappa shape index (κ2) is 3.79. The summed E-state index contributed by atoms with van der Waals surface area (Å²) in [5, 5.41) is 12.0. The third-order valence-corrected chi connectivity index (χ3v) is 2.55. The van der Waals surface area contributed by atoms with Crippen molar-refractivity contribution in [3.05, 3.63) is 18.2 Å². The predicted octanol–water partition coefficient (Wildman–Crippen LogP) is 0.506. The van der Waals surface area contributed by atoms with Crippen LogP contribution in [-0.4, -0.2) is 33.7 Å². The van der Waals surface area contributed by atoms with Crippen molar-refractivity contribution in [2.75, 3.05) is 13.1 Å². The predicted molar refractivity (Wildman–Crippen MR) is 50.3 cm³/mol. The molecule has 0 aromatic carbocycles. The van der Waals surface area contributed by atoms with Gasteiger partial charge in [-0.1, -0.05) is 0 Å². The van der Waals surface area contributed by atoms with E-state index in [0.717, 1.165) is 25.9 Å². The Balaban J connectivity index is 2.11. The molecule has 1 aromatic rings. The largest absolute Gasteiger partial charge is 0.476 e. The topological polar surface area (TPSA) is 67.2 Å². The van der Waals surface area contributed by atoms with Gasteiger partial charge in [0.25, 0.3) is 0 Å². The molecular formula is C9H13N3O2. The second-order valence-electron chi connectivity index (χ2n) is 3.49. The van der Waals surface area contributed by atoms with Crippen LogP contribution in [0.1, 0.15) is 29.4 Å². The molecule has 0 saturated carbocycles. The van der Waals surface area contributed by atoms with Crippen LogP contribution < -0.4 is 5.32 Å². The highest BCUT2D eigenvalue weighted by molar-refractivity contribution is 5.84. The molecule has 0 aliphatic carbocycles. The fraction of sp³-hybridized carbons (Fsp3) is 0.556. The molecule has 1 aliphatic rings. The van der Waals surface area contributed by atoms with E-state index in [1.807, 2.05) is 4.57 Å². The van der Waals surface area contributed by atoms with Gasteiger partial charge in [-0.25, -0.2) is 9.78 Å². The number of rotatable bonds is 2. The average molecular weight is 195 g/mol. The molecule has 1 saturated heterocycles. The van der Waals surface area contributed by atoms with Crippen LogP contribution in [0.3, 0.4) is 0 Å². The lowest BCUT2D eigenvalue weighted by Crippen LogP contribution is -2.28. The van der Waals surface area contributed by atoms with E-state index in [-0.39, 0.29) is 5.69 Å². The normalized spacial score (nSPS) is 18.3. The summed E-state index contributed by atoms with van der Waals surface area (Å²) < 4.78 is 1.91. The van der Waals surface area contributed by atoms with Crippen LogP contribution in [-0.2, 0) is 0 Å². The molecular weight excluding hydrogens is 182 g/mol. The summed E-state index contributed by atoms with van der Waals surface area (Å²) in [4.78, 5) is 14.4. The third kappa shape index (κ3) is 1.77. The molecule has 0 spiro atoms. The van der Waals surface area contributed by atoms with Crippen molar-refractivity contribution in [2.45, 2.75) is 18.9 Å². The summed E-state index contributed by atoms with van der Waals surface area (Å²) in [7, 11) is 0. The maximum Gasteiger partial charge on any atom is 0.356 e. The molecule has 5 nitrogen and oxygen atoms in total. The molecule has 2 heterocycles. The summed E-state index contributed by atoms with van der Waals surface area (Å²) in [6.45, 7) is 1.98. The average Bonchev–Trinajstić information content (AvgIpc) is 2.68. The van der Waals surface area contributed by atoms with Gasteiger partial charge in [-0.05, 0) is 25.9 Å². The SMILES string of the molecule is O=C(O)c1cn(C2CCNCC2)cn1. The first-order valence-electron chi connectivity index (χ1n) is 4.75. The lowest BCUT2D eigenvalue weighted by atomic mass is 10.1. The molecule has 0 radical (unpaired) electrons. The first-order valence-corrected chi connectivity index (χ1v) is 4.75. The smallest absolute Gasteiger partial charge is 0.356 e. The van der Waals surface area contributed by atoms with Gasteiger partial charge < -0.3 is 15.0 Å². The Morgan fingerprint density at radius 3 is 2.86 bits per heavy atom. The number of nitrogens with zero attached hydrogens (tertiary/aromatic N) is 2. The minimum absolute atomic E-state index is 0.128. The Labute approximate surface area is 81.8 Å². The molecule has 0 amide bonds. The second-order valence-corrected chi connectivity index (χ2v) is 3.49. The van der Waals surface area contributed by atoms with E-state index in [1.165, 1.54) is 0 Å². The number of aromatic nitrogens is 2. The Hall–Kier alpha value is -1.36. The van der Waals surface area contributed by atoms with Crippen molar-refractivity contribution in [2.24, 2.45) is 0 Å². The molecule has 0 atom stereocenters. The van der Waals surface area contributed by atoms with Gasteiger partial charge in [0, 0.05) is 12.2 Å². The molecule has 1 aromatic heterocycles. The monoisotopic (exact) mass is 195 g/mol. The molecule has 0 unspecified atom stereocenters. The summed E-state index contributed by atoms with van der Waals surface area (Å²) in [5.74, 6) is -0.960. The molecule has 1 fully saturated rings. The van der Waals surface area contributed by atoms with E-state index >= 15 is 0 Å². The highest BCUT2D eigenvalue weighted by Crippen LogP contribution is 2.18. The first kappa shape index (κ1) is 9.21. The van der Waals surface area contributed by atoms with Crippen LogP contribution in [0.25, 0.3) is 0 Å². The number of imidazole rings is 1. The Kier molecular flexibility index (Phi) is 2.49. The molecule has 5 heteroatoms. The van der Waals surface area contributed by atoms with Crippen molar-refractivity contribution in [1.82, 2.24) is 14.9 Å². The summed E-state index contributed by atoms with van der Waals surface area (Å²) in [6.07, 6.45) is 5.29. The lowest BCUT2D eigenvalue weighted by molar-refractivity contribution is 0.0691. The zero-order valence-corrected chi connectivity index (χ0v) is 7.81. The van der Waals surface area contributed by atoms with Gasteiger partial charge in [-0.3, -0.25) is 0 Å². The van der Waals surface area contributed by atoms with E-state index in [0.29, 0.717) is 6.04 Å². The number of carbonyl (C=O) groups is 1. The van der Waals surface area contributed by atoms with Crippen molar-refractivity contribution in [3.63, 3.8) is 0 Å². The first-order chi connectivity index (χ1) is 6.77. The minimum Gasteiger partial charge on any atom is -0.476 e. The minimum atomic E-state index is -0.960. The highest BCUT2D eigenvalue weighted by Gasteiger charge is 2.16. The van der Waals surface area contributed by atoms with Gasteiger partial charge in [0.15, 0.2) is 5.69 Å². The van der Waals surface area contributed by atoms with E-state index < -0.39 is 5.97 Å². The van der Waals surface area contributed by atoms with Crippen molar-refractivity contribution in [1.29, 1.82) is 0 Å². The van der Waals surface area contributed by atoms with Gasteiger partial charge >= 0.3 is 5.97 Å². The fourth-order valence-corrected chi connectivity index (χ4v) is 1.75. The summed E-state index contributed by atoms with van der Waals surface area (Å²) in [5.41, 5.74) is 0.128. The number of piperidine rings is 1. The zero-order chi connectivity index (χ0) is 9.97. The van der Waals surface area contributed by atoms with Crippen LogP contribution in [0, 0.1) is 0 Å². The van der Waals surface area contributed by atoms with Gasteiger partial charge in [0.2, 0.25) is 0 Å². The number of hydrogen-bond acceptors (Lipinski definition) is 3. The van der Waals surface area contributed by atoms with Gasteiger partial charge in [-0.15, -0.1) is 0 Å². The van der Waals surface area contributed by atoms with E-state index in [9.17, 15) is 4.79 Å². The number of carboxylic acid groups (broad SMARTS) is 1. The standard InChI is InChI=1S/C9H13N3O2/c13-9(14)8-5-12(6-11-8)7-1-3-10-4-2-7/h5-7,10H,1-4H2,(H,13,14). The third-order valence-electron chi connectivity index (χ3n) is 2.55. The van der Waals surface area contributed by atoms with E-state index in [1.54, 1.807) is 12.5 Å². The van der Waals surface area contributed by atoms with Crippen LogP contribution >= 0.6 is 0 Å². The summed E-state index contributed by atoms with van der Waals surface area (Å²) >= 11 is 0. The molecule has 76 valence electrons. The maximum absolute atomic E-state index is 10.6. The van der Waals surface area contributed by atoms with Crippen LogP contribution in [0.2, 0.25) is 0 Å². The van der Waals surface area contributed by atoms with Gasteiger partial charge in [0.1, 0.15) is 0 Å². The van der Waals surface area contributed by atoms with Crippen LogP contribution in [0.5, 0.6) is 0 Å². The van der Waals surface area contributed by atoms with Crippen LogP contribution in [0.15, 0.2) is 12.5 Å². The van der Waals surface area contributed by atoms with Gasteiger partial charge in [0.05, 0.1) is 6.33 Å².